The highest BCUT2D eigenvalue weighted by atomic mass is 16.6. The van der Waals surface area contributed by atoms with Gasteiger partial charge in [-0.2, -0.15) is 5.10 Å². The third-order valence-electron chi connectivity index (χ3n) is 3.72. The molecule has 0 aliphatic carbocycles. The largest absolute Gasteiger partial charge is 0.508 e. The van der Waals surface area contributed by atoms with Crippen LogP contribution in [0.1, 0.15) is 48.3 Å². The maximum atomic E-state index is 12.4. The number of anilines is 1. The molecule has 1 aromatic carbocycles. The van der Waals surface area contributed by atoms with Gasteiger partial charge in [-0.25, -0.2) is 0 Å². The van der Waals surface area contributed by atoms with Gasteiger partial charge in [0.2, 0.25) is 5.69 Å². The van der Waals surface area contributed by atoms with E-state index in [4.69, 9.17) is 0 Å². The SMILES string of the molecule is CCn1cc([N+](=O)[O-])c(C(=O)Nc2cc(C(C)C)c(O)cc2C)n1. The van der Waals surface area contributed by atoms with E-state index in [0.717, 1.165) is 0 Å². The van der Waals surface area contributed by atoms with Gasteiger partial charge < -0.3 is 10.4 Å². The molecule has 2 rings (SSSR count). The number of rotatable bonds is 5. The Kier molecular flexibility index (Phi) is 4.87. The molecule has 8 heteroatoms. The summed E-state index contributed by atoms with van der Waals surface area (Å²) in [6, 6.07) is 3.24. The smallest absolute Gasteiger partial charge is 0.320 e. The van der Waals surface area contributed by atoms with Crippen LogP contribution in [0.3, 0.4) is 0 Å². The second-order valence-electron chi connectivity index (χ2n) is 5.81. The van der Waals surface area contributed by atoms with Crippen LogP contribution in [0.4, 0.5) is 11.4 Å². The van der Waals surface area contributed by atoms with E-state index < -0.39 is 10.8 Å². The highest BCUT2D eigenvalue weighted by Crippen LogP contribution is 2.31. The number of nitrogens with one attached hydrogen (secondary N) is 1. The zero-order valence-electron chi connectivity index (χ0n) is 14.0. The van der Waals surface area contributed by atoms with Crippen molar-refractivity contribution in [2.24, 2.45) is 0 Å². The number of aromatic hydroxyl groups is 1. The third-order valence-corrected chi connectivity index (χ3v) is 3.72. The van der Waals surface area contributed by atoms with Gasteiger partial charge in [-0.3, -0.25) is 19.6 Å². The molecule has 1 heterocycles. The number of hydrogen-bond acceptors (Lipinski definition) is 5. The second kappa shape index (κ2) is 6.69. The molecule has 0 saturated heterocycles. The average Bonchev–Trinajstić information content (AvgIpc) is 2.94. The van der Waals surface area contributed by atoms with Crippen LogP contribution >= 0.6 is 0 Å². The lowest BCUT2D eigenvalue weighted by atomic mass is 9.99. The average molecular weight is 332 g/mol. The van der Waals surface area contributed by atoms with E-state index >= 15 is 0 Å². The number of amides is 1. The highest BCUT2D eigenvalue weighted by molar-refractivity contribution is 6.06. The molecule has 8 nitrogen and oxygen atoms in total. The summed E-state index contributed by atoms with van der Waals surface area (Å²) < 4.78 is 1.34. The van der Waals surface area contributed by atoms with Crippen molar-refractivity contribution in [1.82, 2.24) is 9.78 Å². The minimum absolute atomic E-state index is 0.0647. The van der Waals surface area contributed by atoms with E-state index in [1.54, 1.807) is 26.0 Å². The minimum Gasteiger partial charge on any atom is -0.508 e. The van der Waals surface area contributed by atoms with Crippen LogP contribution in [-0.2, 0) is 6.54 Å². The summed E-state index contributed by atoms with van der Waals surface area (Å²) in [5.74, 6) is -0.436. The number of aryl methyl sites for hydroxylation is 2. The topological polar surface area (TPSA) is 110 Å². The number of phenols is 1. The Morgan fingerprint density at radius 2 is 2.12 bits per heavy atom. The number of carbonyl (C=O) groups is 1. The third kappa shape index (κ3) is 3.37. The van der Waals surface area contributed by atoms with Gasteiger partial charge in [0.05, 0.1) is 4.92 Å². The molecule has 0 fully saturated rings. The van der Waals surface area contributed by atoms with Crippen molar-refractivity contribution < 1.29 is 14.8 Å². The molecule has 24 heavy (non-hydrogen) atoms. The molecule has 2 aromatic rings. The Bertz CT molecular complexity index is 796. The summed E-state index contributed by atoms with van der Waals surface area (Å²) >= 11 is 0. The predicted molar refractivity (Wildman–Crippen MR) is 89.4 cm³/mol. The van der Waals surface area contributed by atoms with E-state index in [1.807, 2.05) is 13.8 Å². The van der Waals surface area contributed by atoms with Crippen molar-refractivity contribution in [3.05, 3.63) is 45.3 Å². The van der Waals surface area contributed by atoms with E-state index in [-0.39, 0.29) is 23.0 Å². The minimum atomic E-state index is -0.655. The molecular weight excluding hydrogens is 312 g/mol. The van der Waals surface area contributed by atoms with E-state index in [9.17, 15) is 20.0 Å². The van der Waals surface area contributed by atoms with Gasteiger partial charge in [-0.15, -0.1) is 0 Å². The molecule has 0 aliphatic rings. The molecule has 1 aromatic heterocycles. The normalized spacial score (nSPS) is 10.9. The number of nitro groups is 1. The van der Waals surface area contributed by atoms with Gasteiger partial charge in [0.25, 0.3) is 5.91 Å². The van der Waals surface area contributed by atoms with Crippen molar-refractivity contribution in [1.29, 1.82) is 0 Å². The maximum Gasteiger partial charge on any atom is 0.320 e. The summed E-state index contributed by atoms with van der Waals surface area (Å²) in [6.07, 6.45) is 1.23. The lowest BCUT2D eigenvalue weighted by molar-refractivity contribution is -0.385. The van der Waals surface area contributed by atoms with Crippen molar-refractivity contribution in [2.45, 2.75) is 40.2 Å². The summed E-state index contributed by atoms with van der Waals surface area (Å²) in [6.45, 7) is 7.77. The molecule has 2 N–H and O–H groups in total. The van der Waals surface area contributed by atoms with Crippen molar-refractivity contribution in [3.8, 4) is 5.75 Å². The van der Waals surface area contributed by atoms with Crippen LogP contribution < -0.4 is 5.32 Å². The van der Waals surface area contributed by atoms with E-state index in [0.29, 0.717) is 23.4 Å². The number of nitrogens with zero attached hydrogens (tertiary/aromatic N) is 3. The van der Waals surface area contributed by atoms with Crippen LogP contribution in [0.25, 0.3) is 0 Å². The quantitative estimate of drug-likeness (QED) is 0.496. The number of hydrogen-bond donors (Lipinski definition) is 2. The van der Waals surface area contributed by atoms with Crippen LogP contribution in [0.2, 0.25) is 0 Å². The molecule has 0 atom stereocenters. The summed E-state index contributed by atoms with van der Waals surface area (Å²) in [7, 11) is 0. The first-order chi connectivity index (χ1) is 11.2. The number of phenolic OH excluding ortho intramolecular Hbond substituents is 1. The molecule has 0 radical (unpaired) electrons. The van der Waals surface area contributed by atoms with Crippen molar-refractivity contribution >= 4 is 17.3 Å². The fraction of sp³-hybridized carbons (Fsp3) is 0.375. The first kappa shape index (κ1) is 17.5. The Labute approximate surface area is 139 Å². The summed E-state index contributed by atoms with van der Waals surface area (Å²) in [5.41, 5.74) is 1.25. The van der Waals surface area contributed by atoms with Crippen molar-refractivity contribution in [3.63, 3.8) is 0 Å². The van der Waals surface area contributed by atoms with Gasteiger partial charge in [-0.1, -0.05) is 13.8 Å². The highest BCUT2D eigenvalue weighted by Gasteiger charge is 2.26. The Morgan fingerprint density at radius 1 is 1.46 bits per heavy atom. The summed E-state index contributed by atoms with van der Waals surface area (Å²) in [5, 5.41) is 27.7. The molecule has 0 spiro atoms. The molecule has 0 bridgehead atoms. The first-order valence-electron chi connectivity index (χ1n) is 7.61. The molecule has 0 unspecified atom stereocenters. The van der Waals surface area contributed by atoms with Gasteiger partial charge in [0.1, 0.15) is 11.9 Å². The van der Waals surface area contributed by atoms with Crippen LogP contribution in [0.15, 0.2) is 18.3 Å². The standard InChI is InChI=1S/C16H20N4O4/c1-5-19-8-13(20(23)24)15(18-19)16(22)17-12-7-11(9(2)3)14(21)6-10(12)4/h6-9,21H,5H2,1-4H3,(H,17,22). The van der Waals surface area contributed by atoms with Crippen molar-refractivity contribution in [2.75, 3.05) is 5.32 Å². The van der Waals surface area contributed by atoms with Gasteiger partial charge >= 0.3 is 5.69 Å². The summed E-state index contributed by atoms with van der Waals surface area (Å²) in [4.78, 5) is 22.9. The fourth-order valence-corrected chi connectivity index (χ4v) is 2.36. The monoisotopic (exact) mass is 332 g/mol. The Hall–Kier alpha value is -2.90. The van der Waals surface area contributed by atoms with Gasteiger partial charge in [-0.05, 0) is 43.0 Å². The maximum absolute atomic E-state index is 12.4. The van der Waals surface area contributed by atoms with Crippen LogP contribution in [0.5, 0.6) is 5.75 Å². The number of carbonyl (C=O) groups excluding carboxylic acids is 1. The molecular formula is C16H20N4O4. The number of benzene rings is 1. The lowest BCUT2D eigenvalue weighted by Crippen LogP contribution is -2.15. The molecule has 0 saturated carbocycles. The van der Waals surface area contributed by atoms with E-state index in [2.05, 4.69) is 10.4 Å². The van der Waals surface area contributed by atoms with Gasteiger partial charge in [0, 0.05) is 12.2 Å². The first-order valence-corrected chi connectivity index (χ1v) is 7.61. The van der Waals surface area contributed by atoms with Gasteiger partial charge in [0.15, 0.2) is 0 Å². The Balaban J connectivity index is 2.38. The lowest BCUT2D eigenvalue weighted by Gasteiger charge is -2.14. The van der Waals surface area contributed by atoms with Crippen LogP contribution in [0, 0.1) is 17.0 Å². The zero-order chi connectivity index (χ0) is 18.0. The molecule has 0 aliphatic heterocycles. The number of aromatic nitrogens is 2. The molecule has 1 amide bonds. The predicted octanol–water partition coefficient (Wildman–Crippen LogP) is 3.20. The van der Waals surface area contributed by atoms with Crippen LogP contribution in [-0.4, -0.2) is 25.7 Å². The Morgan fingerprint density at radius 3 is 2.67 bits per heavy atom. The van der Waals surface area contributed by atoms with E-state index in [1.165, 1.54) is 10.9 Å². The fourth-order valence-electron chi connectivity index (χ4n) is 2.36. The molecule has 128 valence electrons. The second-order valence-corrected chi connectivity index (χ2v) is 5.81. The zero-order valence-corrected chi connectivity index (χ0v) is 14.0.